The molecule has 0 saturated carbocycles. The molecule has 0 fully saturated rings. The van der Waals surface area contributed by atoms with Gasteiger partial charge in [0.1, 0.15) is 5.75 Å². The van der Waals surface area contributed by atoms with Crippen LogP contribution in [0, 0.1) is 0 Å². The average molecular weight is 346 g/mol. The van der Waals surface area contributed by atoms with Gasteiger partial charge in [0.25, 0.3) is 0 Å². The molecule has 4 nitrogen and oxygen atoms in total. The highest BCUT2D eigenvalue weighted by Gasteiger charge is 2.11. The third kappa shape index (κ3) is 4.80. The van der Waals surface area contributed by atoms with Crippen molar-refractivity contribution in [1.82, 2.24) is 0 Å². The highest BCUT2D eigenvalue weighted by atomic mass is 16.6. The van der Waals surface area contributed by atoms with E-state index >= 15 is 0 Å². The van der Waals surface area contributed by atoms with Gasteiger partial charge in [-0.2, -0.15) is 0 Å². The van der Waals surface area contributed by atoms with E-state index in [1.165, 1.54) is 0 Å². The number of para-hydroxylation sites is 1. The molecule has 0 amide bonds. The minimum Gasteiger partial charge on any atom is -0.482 e. The predicted octanol–water partition coefficient (Wildman–Crippen LogP) is 4.16. The first kappa shape index (κ1) is 17.4. The standard InChI is InChI=1S/C22H18O4/c23-21(15-26-22(24)16-25-20-9-5-2-6-10-20)19-13-11-18(12-14-19)17-7-3-1-4-8-17/h1-14H,15-16H2. The first-order valence-electron chi connectivity index (χ1n) is 8.24. The van der Waals surface area contributed by atoms with Crippen LogP contribution in [-0.2, 0) is 9.53 Å². The largest absolute Gasteiger partial charge is 0.482 e. The van der Waals surface area contributed by atoms with Crippen LogP contribution in [0.3, 0.4) is 0 Å². The number of hydrogen-bond donors (Lipinski definition) is 0. The molecule has 26 heavy (non-hydrogen) atoms. The van der Waals surface area contributed by atoms with Crippen LogP contribution in [0.25, 0.3) is 11.1 Å². The summed E-state index contributed by atoms with van der Waals surface area (Å²) in [4.78, 5) is 23.8. The number of carbonyl (C=O) groups is 2. The number of Topliss-reactive ketones (excluding diaryl/α,β-unsaturated/α-hetero) is 1. The molecule has 0 N–H and O–H groups in total. The SMILES string of the molecule is O=C(COc1ccccc1)OCC(=O)c1ccc(-c2ccccc2)cc1. The minimum absolute atomic E-state index is 0.232. The van der Waals surface area contributed by atoms with Gasteiger partial charge in [-0.25, -0.2) is 4.79 Å². The quantitative estimate of drug-likeness (QED) is 0.476. The second kappa shape index (κ2) is 8.62. The van der Waals surface area contributed by atoms with Gasteiger partial charge in [0.15, 0.2) is 19.0 Å². The second-order valence-electron chi connectivity index (χ2n) is 5.63. The zero-order valence-electron chi connectivity index (χ0n) is 14.1. The third-order valence-corrected chi connectivity index (χ3v) is 3.78. The molecule has 0 saturated heterocycles. The van der Waals surface area contributed by atoms with Crippen LogP contribution in [-0.4, -0.2) is 25.0 Å². The Hall–Kier alpha value is -3.40. The number of esters is 1. The second-order valence-corrected chi connectivity index (χ2v) is 5.63. The minimum atomic E-state index is -0.580. The van der Waals surface area contributed by atoms with Crippen LogP contribution >= 0.6 is 0 Å². The Balaban J connectivity index is 1.49. The zero-order chi connectivity index (χ0) is 18.2. The summed E-state index contributed by atoms with van der Waals surface area (Å²) in [5.41, 5.74) is 2.60. The maximum atomic E-state index is 12.2. The summed E-state index contributed by atoms with van der Waals surface area (Å²) in [6.07, 6.45) is 0. The Morgan fingerprint density at radius 3 is 1.88 bits per heavy atom. The van der Waals surface area contributed by atoms with E-state index in [0.29, 0.717) is 11.3 Å². The molecule has 3 rings (SSSR count). The van der Waals surface area contributed by atoms with Gasteiger partial charge in [0.05, 0.1) is 0 Å². The van der Waals surface area contributed by atoms with E-state index in [1.807, 2.05) is 60.7 Å². The number of rotatable bonds is 7. The van der Waals surface area contributed by atoms with Crippen molar-refractivity contribution in [2.24, 2.45) is 0 Å². The Labute approximate surface area is 152 Å². The van der Waals surface area contributed by atoms with Crippen LogP contribution < -0.4 is 4.74 Å². The molecule has 0 radical (unpaired) electrons. The van der Waals surface area contributed by atoms with Crippen LogP contribution in [0.2, 0.25) is 0 Å². The van der Waals surface area contributed by atoms with E-state index < -0.39 is 5.97 Å². The van der Waals surface area contributed by atoms with Gasteiger partial charge in [0, 0.05) is 5.56 Å². The van der Waals surface area contributed by atoms with Gasteiger partial charge in [-0.3, -0.25) is 4.79 Å². The van der Waals surface area contributed by atoms with E-state index in [0.717, 1.165) is 11.1 Å². The summed E-state index contributed by atoms with van der Waals surface area (Å²) >= 11 is 0. The lowest BCUT2D eigenvalue weighted by Crippen LogP contribution is -2.19. The summed E-state index contributed by atoms with van der Waals surface area (Å²) in [6, 6.07) is 26.1. The van der Waals surface area contributed by atoms with E-state index in [-0.39, 0.29) is 19.0 Å². The van der Waals surface area contributed by atoms with E-state index in [9.17, 15) is 9.59 Å². The lowest BCUT2D eigenvalue weighted by Gasteiger charge is -2.07. The van der Waals surface area contributed by atoms with Crippen molar-refractivity contribution in [2.75, 3.05) is 13.2 Å². The summed E-state index contributed by atoms with van der Waals surface area (Å²) in [6.45, 7) is -0.536. The van der Waals surface area contributed by atoms with E-state index in [1.54, 1.807) is 24.3 Å². The molecule has 0 spiro atoms. The van der Waals surface area contributed by atoms with Crippen molar-refractivity contribution in [3.63, 3.8) is 0 Å². The molecule has 130 valence electrons. The normalized spacial score (nSPS) is 10.2. The smallest absolute Gasteiger partial charge is 0.344 e. The fraction of sp³-hybridized carbons (Fsp3) is 0.0909. The monoisotopic (exact) mass is 346 g/mol. The lowest BCUT2D eigenvalue weighted by atomic mass is 10.0. The molecule has 0 heterocycles. The van der Waals surface area contributed by atoms with Crippen molar-refractivity contribution >= 4 is 11.8 Å². The fourth-order valence-corrected chi connectivity index (χ4v) is 2.41. The summed E-state index contributed by atoms with van der Waals surface area (Å²) in [5, 5.41) is 0. The van der Waals surface area contributed by atoms with Crippen molar-refractivity contribution in [3.05, 3.63) is 90.5 Å². The molecule has 0 atom stereocenters. The number of ketones is 1. The average Bonchev–Trinajstić information content (AvgIpc) is 2.72. The summed E-state index contributed by atoms with van der Waals surface area (Å²) in [5.74, 6) is -0.256. The molecular formula is C22H18O4. The van der Waals surface area contributed by atoms with Crippen LogP contribution in [0.15, 0.2) is 84.9 Å². The Morgan fingerprint density at radius 1 is 0.654 bits per heavy atom. The Kier molecular flexibility index (Phi) is 5.78. The predicted molar refractivity (Wildman–Crippen MR) is 99.1 cm³/mol. The number of ether oxygens (including phenoxy) is 2. The Morgan fingerprint density at radius 2 is 1.23 bits per heavy atom. The van der Waals surface area contributed by atoms with Crippen molar-refractivity contribution in [3.8, 4) is 16.9 Å². The van der Waals surface area contributed by atoms with Gasteiger partial charge in [-0.05, 0) is 23.3 Å². The van der Waals surface area contributed by atoms with Crippen molar-refractivity contribution < 1.29 is 19.1 Å². The van der Waals surface area contributed by atoms with Crippen LogP contribution in [0.5, 0.6) is 5.75 Å². The number of carbonyl (C=O) groups excluding carboxylic acids is 2. The molecule has 0 unspecified atom stereocenters. The topological polar surface area (TPSA) is 52.6 Å². The molecule has 0 aliphatic rings. The van der Waals surface area contributed by atoms with Gasteiger partial charge < -0.3 is 9.47 Å². The lowest BCUT2D eigenvalue weighted by molar-refractivity contribution is -0.144. The maximum absolute atomic E-state index is 12.2. The van der Waals surface area contributed by atoms with Gasteiger partial charge in [-0.1, -0.05) is 72.8 Å². The van der Waals surface area contributed by atoms with E-state index in [4.69, 9.17) is 9.47 Å². The van der Waals surface area contributed by atoms with Crippen molar-refractivity contribution in [2.45, 2.75) is 0 Å². The van der Waals surface area contributed by atoms with Crippen molar-refractivity contribution in [1.29, 1.82) is 0 Å². The van der Waals surface area contributed by atoms with E-state index in [2.05, 4.69) is 0 Å². The fourth-order valence-electron chi connectivity index (χ4n) is 2.41. The molecule has 0 aliphatic carbocycles. The van der Waals surface area contributed by atoms with Gasteiger partial charge in [0.2, 0.25) is 0 Å². The molecule has 0 aliphatic heterocycles. The third-order valence-electron chi connectivity index (χ3n) is 3.78. The number of benzene rings is 3. The summed E-state index contributed by atoms with van der Waals surface area (Å²) < 4.78 is 10.3. The molecular weight excluding hydrogens is 328 g/mol. The molecule has 3 aromatic carbocycles. The Bertz CT molecular complexity index is 856. The molecule has 0 aromatic heterocycles. The molecule has 3 aromatic rings. The highest BCUT2D eigenvalue weighted by Crippen LogP contribution is 2.19. The number of hydrogen-bond acceptors (Lipinski definition) is 4. The first-order valence-corrected chi connectivity index (χ1v) is 8.24. The summed E-state index contributed by atoms with van der Waals surface area (Å²) in [7, 11) is 0. The van der Waals surface area contributed by atoms with Crippen LogP contribution in [0.4, 0.5) is 0 Å². The first-order chi connectivity index (χ1) is 12.7. The van der Waals surface area contributed by atoms with Crippen LogP contribution in [0.1, 0.15) is 10.4 Å². The zero-order valence-corrected chi connectivity index (χ0v) is 14.1. The molecule has 4 heteroatoms. The maximum Gasteiger partial charge on any atom is 0.344 e. The van der Waals surface area contributed by atoms with Gasteiger partial charge >= 0.3 is 5.97 Å². The molecule has 0 bridgehead atoms. The highest BCUT2D eigenvalue weighted by molar-refractivity contribution is 5.98. The van der Waals surface area contributed by atoms with Gasteiger partial charge in [-0.15, -0.1) is 0 Å².